The zero-order chi connectivity index (χ0) is 27.5. The van der Waals surface area contributed by atoms with Crippen LogP contribution in [0.4, 0.5) is 0 Å². The van der Waals surface area contributed by atoms with Crippen molar-refractivity contribution >= 4 is 21.7 Å². The molecule has 4 atom stereocenters. The minimum absolute atomic E-state index is 0.0218. The first kappa shape index (κ1) is 24.1. The SMILES string of the molecule is N#CCCCCn1c2c(c3ccc4ccccc4c31)CC1(O)[C@H]3Cc4ccc(O)c5c4[C@@]1(CCN3CC1CC1)C2O5. The molecule has 3 aromatic carbocycles. The molecule has 41 heavy (non-hydrogen) atoms. The summed E-state index contributed by atoms with van der Waals surface area (Å²) in [5.41, 5.74) is 4.26. The molecule has 4 aromatic rings. The van der Waals surface area contributed by atoms with Gasteiger partial charge in [0.15, 0.2) is 17.6 Å². The second kappa shape index (κ2) is 8.27. The Hall–Kier alpha value is -3.53. The average molecular weight is 546 g/mol. The number of ether oxygens (including phenoxy) is 1. The van der Waals surface area contributed by atoms with Crippen molar-refractivity contribution in [1.82, 2.24) is 9.47 Å². The fraction of sp³-hybridized carbons (Fsp3) is 0.457. The van der Waals surface area contributed by atoms with Crippen LogP contribution in [0.1, 0.15) is 67.0 Å². The number of fused-ring (bicyclic) bond motifs is 6. The Balaban J connectivity index is 1.32. The predicted octanol–water partition coefficient (Wildman–Crippen LogP) is 5.89. The van der Waals surface area contributed by atoms with Gasteiger partial charge in [0.05, 0.1) is 28.3 Å². The Bertz CT molecular complexity index is 1800. The van der Waals surface area contributed by atoms with Gasteiger partial charge in [-0.3, -0.25) is 4.90 Å². The number of phenolic OH excluding ortho intramolecular Hbond substituents is 1. The summed E-state index contributed by atoms with van der Waals surface area (Å²) in [6.45, 7) is 2.80. The van der Waals surface area contributed by atoms with Gasteiger partial charge in [-0.15, -0.1) is 0 Å². The first-order chi connectivity index (χ1) is 20.0. The molecule has 2 N–H and O–H groups in total. The van der Waals surface area contributed by atoms with Gasteiger partial charge in [-0.2, -0.15) is 5.26 Å². The smallest absolute Gasteiger partial charge is 0.166 e. The number of hydrogen-bond acceptors (Lipinski definition) is 5. The molecule has 1 saturated heterocycles. The molecule has 2 fully saturated rings. The van der Waals surface area contributed by atoms with Crippen molar-refractivity contribution in [3.63, 3.8) is 0 Å². The number of likely N-dealkylation sites (tertiary alicyclic amines) is 1. The number of hydrogen-bond donors (Lipinski definition) is 2. The van der Waals surface area contributed by atoms with E-state index in [-0.39, 0.29) is 17.9 Å². The number of aliphatic hydroxyl groups is 1. The second-order valence-electron chi connectivity index (χ2n) is 13.2. The zero-order valence-electron chi connectivity index (χ0n) is 23.3. The van der Waals surface area contributed by atoms with E-state index in [2.05, 4.69) is 58.0 Å². The lowest BCUT2D eigenvalue weighted by Gasteiger charge is -2.63. The van der Waals surface area contributed by atoms with Crippen molar-refractivity contribution in [3.05, 3.63) is 70.9 Å². The summed E-state index contributed by atoms with van der Waals surface area (Å²) in [5.74, 6) is 1.51. The second-order valence-corrected chi connectivity index (χ2v) is 13.2. The van der Waals surface area contributed by atoms with Crippen LogP contribution in [-0.4, -0.2) is 44.4 Å². The zero-order valence-corrected chi connectivity index (χ0v) is 23.3. The number of benzene rings is 3. The van der Waals surface area contributed by atoms with E-state index in [1.807, 2.05) is 0 Å². The van der Waals surface area contributed by atoms with E-state index in [4.69, 9.17) is 4.74 Å². The van der Waals surface area contributed by atoms with E-state index in [0.717, 1.165) is 62.5 Å². The third-order valence-corrected chi connectivity index (χ3v) is 11.2. The van der Waals surface area contributed by atoms with E-state index in [1.165, 1.54) is 45.6 Å². The molecule has 1 saturated carbocycles. The van der Waals surface area contributed by atoms with Crippen LogP contribution in [-0.2, 0) is 24.8 Å². The standard InChI is InChI=1S/C35H35N3O3/c36-15-4-1-5-16-38-30-24-7-3-2-6-22(24)10-12-25(30)26-19-35(40)28-18-23-11-13-27(39)32-29(23)34(35,33(41-32)31(26)38)14-17-37(28)20-21-8-9-21/h2-3,6-7,10-13,21,28,33,39-40H,1,4-5,8-9,14,16-20H2/t28-,33?,34+,35?/m1/s1. The molecular formula is C35H35N3O3. The van der Waals surface area contributed by atoms with Crippen LogP contribution in [0.15, 0.2) is 48.5 Å². The highest BCUT2D eigenvalue weighted by Gasteiger charge is 2.73. The number of aromatic nitrogens is 1. The molecule has 0 amide bonds. The Kier molecular flexibility index (Phi) is 4.86. The largest absolute Gasteiger partial charge is 0.504 e. The number of nitrogens with zero attached hydrogens (tertiary/aromatic N) is 3. The number of phenols is 1. The number of rotatable bonds is 6. The molecule has 3 heterocycles. The van der Waals surface area contributed by atoms with Gasteiger partial charge in [0.1, 0.15) is 0 Å². The molecule has 9 rings (SSSR count). The van der Waals surface area contributed by atoms with Gasteiger partial charge in [-0.25, -0.2) is 0 Å². The molecule has 208 valence electrons. The highest BCUT2D eigenvalue weighted by atomic mass is 16.5. The van der Waals surface area contributed by atoms with Gasteiger partial charge in [-0.05, 0) is 73.6 Å². The summed E-state index contributed by atoms with van der Waals surface area (Å²) in [7, 11) is 0. The van der Waals surface area contributed by atoms with Crippen molar-refractivity contribution in [2.75, 3.05) is 13.1 Å². The van der Waals surface area contributed by atoms with Crippen molar-refractivity contribution in [1.29, 1.82) is 5.26 Å². The number of piperidine rings is 1. The molecular weight excluding hydrogens is 510 g/mol. The van der Waals surface area contributed by atoms with Crippen LogP contribution in [0.25, 0.3) is 21.7 Å². The molecule has 2 bridgehead atoms. The Morgan fingerprint density at radius 3 is 2.78 bits per heavy atom. The Labute approximate surface area is 239 Å². The highest BCUT2D eigenvalue weighted by Crippen LogP contribution is 2.69. The highest BCUT2D eigenvalue weighted by molar-refractivity contribution is 6.08. The van der Waals surface area contributed by atoms with Crippen molar-refractivity contribution in [2.45, 2.75) is 81.1 Å². The fourth-order valence-corrected chi connectivity index (χ4v) is 9.33. The first-order valence-corrected chi connectivity index (χ1v) is 15.4. The van der Waals surface area contributed by atoms with Crippen molar-refractivity contribution in [3.8, 4) is 17.6 Å². The Morgan fingerprint density at radius 2 is 1.93 bits per heavy atom. The molecule has 0 radical (unpaired) electrons. The summed E-state index contributed by atoms with van der Waals surface area (Å²) >= 11 is 0. The molecule has 6 nitrogen and oxygen atoms in total. The molecule has 2 unspecified atom stereocenters. The summed E-state index contributed by atoms with van der Waals surface area (Å²) in [4.78, 5) is 2.59. The lowest BCUT2D eigenvalue weighted by Crippen LogP contribution is -2.74. The maximum atomic E-state index is 13.2. The van der Waals surface area contributed by atoms with Gasteiger partial charge < -0.3 is 19.5 Å². The van der Waals surface area contributed by atoms with Gasteiger partial charge in [-0.1, -0.05) is 42.5 Å². The van der Waals surface area contributed by atoms with E-state index in [9.17, 15) is 15.5 Å². The summed E-state index contributed by atoms with van der Waals surface area (Å²) in [6, 6.07) is 19.2. The van der Waals surface area contributed by atoms with Gasteiger partial charge in [0.25, 0.3) is 0 Å². The molecule has 6 heteroatoms. The first-order valence-electron chi connectivity index (χ1n) is 15.4. The number of aryl methyl sites for hydroxylation is 1. The summed E-state index contributed by atoms with van der Waals surface area (Å²) in [5, 5.41) is 37.2. The maximum absolute atomic E-state index is 13.2. The van der Waals surface area contributed by atoms with E-state index in [0.29, 0.717) is 18.6 Å². The van der Waals surface area contributed by atoms with Crippen molar-refractivity contribution < 1.29 is 14.9 Å². The molecule has 1 aromatic heterocycles. The molecule has 1 spiro atoms. The van der Waals surface area contributed by atoms with Crippen LogP contribution in [0.3, 0.4) is 0 Å². The lowest BCUT2D eigenvalue weighted by molar-refractivity contribution is -0.173. The van der Waals surface area contributed by atoms with Crippen LogP contribution in [0, 0.1) is 17.2 Å². The normalized spacial score (nSPS) is 29.3. The molecule has 5 aliphatic rings. The van der Waals surface area contributed by atoms with Crippen LogP contribution in [0.2, 0.25) is 0 Å². The minimum atomic E-state index is -0.991. The topological polar surface area (TPSA) is 81.7 Å². The van der Waals surface area contributed by atoms with Crippen LogP contribution < -0.4 is 4.74 Å². The van der Waals surface area contributed by atoms with Crippen LogP contribution in [0.5, 0.6) is 11.5 Å². The van der Waals surface area contributed by atoms with Gasteiger partial charge in [0, 0.05) is 48.3 Å². The number of aromatic hydroxyl groups is 1. The minimum Gasteiger partial charge on any atom is -0.504 e. The number of nitriles is 1. The third kappa shape index (κ3) is 2.99. The Morgan fingerprint density at radius 1 is 1.05 bits per heavy atom. The number of unbranched alkanes of at least 4 members (excludes halogenated alkanes) is 2. The molecule has 2 aliphatic heterocycles. The maximum Gasteiger partial charge on any atom is 0.166 e. The quantitative estimate of drug-likeness (QED) is 0.295. The van der Waals surface area contributed by atoms with Crippen LogP contribution >= 0.6 is 0 Å². The van der Waals surface area contributed by atoms with E-state index in [1.54, 1.807) is 6.07 Å². The van der Waals surface area contributed by atoms with E-state index < -0.39 is 11.0 Å². The van der Waals surface area contributed by atoms with Gasteiger partial charge >= 0.3 is 0 Å². The average Bonchev–Trinajstić information content (AvgIpc) is 3.65. The van der Waals surface area contributed by atoms with Gasteiger partial charge in [0.2, 0.25) is 0 Å². The summed E-state index contributed by atoms with van der Waals surface area (Å²) in [6.07, 6.45) is 6.71. The van der Waals surface area contributed by atoms with Crippen molar-refractivity contribution in [2.24, 2.45) is 5.92 Å². The fourth-order valence-electron chi connectivity index (χ4n) is 9.33. The molecule has 3 aliphatic carbocycles. The van der Waals surface area contributed by atoms with E-state index >= 15 is 0 Å². The lowest BCUT2D eigenvalue weighted by atomic mass is 9.49. The summed E-state index contributed by atoms with van der Waals surface area (Å²) < 4.78 is 9.40. The monoisotopic (exact) mass is 545 g/mol. The third-order valence-electron chi connectivity index (χ3n) is 11.2. The predicted molar refractivity (Wildman–Crippen MR) is 157 cm³/mol.